The van der Waals surface area contributed by atoms with Crippen molar-refractivity contribution < 1.29 is 37.7 Å². The maximum Gasteiger partial charge on any atom is 0.341 e. The van der Waals surface area contributed by atoms with Crippen LogP contribution in [0.1, 0.15) is 24.8 Å². The van der Waals surface area contributed by atoms with Gasteiger partial charge >= 0.3 is 5.97 Å². The van der Waals surface area contributed by atoms with Crippen LogP contribution in [0.4, 0.5) is 17.6 Å². The highest BCUT2D eigenvalue weighted by Crippen LogP contribution is 2.26. The number of halogens is 4. The molecule has 1 aliphatic rings. The van der Waals surface area contributed by atoms with Crippen molar-refractivity contribution in [3.8, 4) is 0 Å². The number of rotatable bonds is 4. The van der Waals surface area contributed by atoms with E-state index in [1.165, 1.54) is 0 Å². The molecular weight excluding hydrogens is 334 g/mol. The summed E-state index contributed by atoms with van der Waals surface area (Å²) in [5.41, 5.74) is -2.10. The van der Waals surface area contributed by atoms with Gasteiger partial charge in [-0.05, 0) is 25.3 Å². The van der Waals surface area contributed by atoms with Gasteiger partial charge in [0.1, 0.15) is 11.3 Å². The average molecular weight is 347 g/mol. The Bertz CT molecular complexity index is 733. The van der Waals surface area contributed by atoms with Gasteiger partial charge in [-0.3, -0.25) is 4.99 Å². The zero-order valence-electron chi connectivity index (χ0n) is 12.1. The lowest BCUT2D eigenvalue weighted by molar-refractivity contribution is -0.132. The van der Waals surface area contributed by atoms with E-state index in [1.54, 1.807) is 0 Å². The Kier molecular flexibility index (Phi) is 5.23. The normalized spacial score (nSPS) is 22.0. The number of aliphatic imine (C=N–C) groups is 1. The molecule has 0 amide bonds. The van der Waals surface area contributed by atoms with E-state index in [9.17, 15) is 32.6 Å². The molecular formula is C15H13F4NO4. The second-order valence-electron chi connectivity index (χ2n) is 5.26. The summed E-state index contributed by atoms with van der Waals surface area (Å²) in [5.74, 6) is -11.0. The molecule has 0 aromatic heterocycles. The fraction of sp³-hybridized carbons (Fsp3) is 0.333. The van der Waals surface area contributed by atoms with Crippen molar-refractivity contribution in [1.82, 2.24) is 0 Å². The van der Waals surface area contributed by atoms with Crippen LogP contribution in [0.15, 0.2) is 16.6 Å². The lowest BCUT2D eigenvalue weighted by Gasteiger charge is -2.10. The Labute approximate surface area is 133 Å². The first kappa shape index (κ1) is 17.9. The van der Waals surface area contributed by atoms with Crippen LogP contribution in [-0.2, 0) is 4.79 Å². The monoisotopic (exact) mass is 347 g/mol. The van der Waals surface area contributed by atoms with Gasteiger partial charge in [0.15, 0.2) is 23.3 Å². The molecule has 0 bridgehead atoms. The number of aliphatic hydroxyl groups is 2. The van der Waals surface area contributed by atoms with Gasteiger partial charge in [0.05, 0.1) is 17.7 Å². The summed E-state index contributed by atoms with van der Waals surface area (Å²) in [6.45, 7) is 0. The fourth-order valence-electron chi connectivity index (χ4n) is 2.37. The van der Waals surface area contributed by atoms with Crippen molar-refractivity contribution in [3.05, 3.63) is 40.5 Å². The van der Waals surface area contributed by atoms with Crippen LogP contribution in [0.25, 0.3) is 5.76 Å². The molecule has 2 rings (SSSR count). The minimum atomic E-state index is -2.18. The Morgan fingerprint density at radius 2 is 1.79 bits per heavy atom. The molecule has 0 saturated heterocycles. The Hall–Kier alpha value is -2.42. The maximum atomic E-state index is 13.7. The van der Waals surface area contributed by atoms with Crippen molar-refractivity contribution in [2.45, 2.75) is 31.4 Å². The largest absolute Gasteiger partial charge is 0.506 e. The lowest BCUT2D eigenvalue weighted by atomic mass is 10.1. The molecule has 9 heteroatoms. The van der Waals surface area contributed by atoms with Gasteiger partial charge in [0, 0.05) is 6.21 Å². The van der Waals surface area contributed by atoms with E-state index in [4.69, 9.17) is 5.11 Å². The number of carboxylic acids is 1. The minimum absolute atomic E-state index is 0.143. The zero-order valence-corrected chi connectivity index (χ0v) is 12.1. The molecule has 130 valence electrons. The molecule has 1 aromatic carbocycles. The number of benzene rings is 1. The molecule has 3 N–H and O–H groups in total. The van der Waals surface area contributed by atoms with Crippen LogP contribution in [0.2, 0.25) is 0 Å². The third-order valence-corrected chi connectivity index (χ3v) is 3.68. The number of hydrogen-bond acceptors (Lipinski definition) is 4. The van der Waals surface area contributed by atoms with E-state index in [1.807, 2.05) is 0 Å². The molecule has 1 fully saturated rings. The van der Waals surface area contributed by atoms with Gasteiger partial charge < -0.3 is 15.3 Å². The van der Waals surface area contributed by atoms with E-state index in [0.29, 0.717) is 25.5 Å². The number of carbonyl (C=O) groups is 1. The second kappa shape index (κ2) is 7.00. The van der Waals surface area contributed by atoms with E-state index in [-0.39, 0.29) is 6.07 Å². The van der Waals surface area contributed by atoms with Crippen molar-refractivity contribution in [1.29, 1.82) is 0 Å². The van der Waals surface area contributed by atoms with E-state index < -0.39 is 58.3 Å². The maximum absolute atomic E-state index is 13.7. The molecule has 1 aliphatic carbocycles. The smallest absolute Gasteiger partial charge is 0.341 e. The molecule has 1 aromatic rings. The molecule has 24 heavy (non-hydrogen) atoms. The minimum Gasteiger partial charge on any atom is -0.506 e. The number of carboxylic acid groups (broad SMARTS) is 1. The molecule has 0 radical (unpaired) electrons. The van der Waals surface area contributed by atoms with E-state index in [0.717, 1.165) is 0 Å². The van der Waals surface area contributed by atoms with Crippen LogP contribution in [0.3, 0.4) is 0 Å². The van der Waals surface area contributed by atoms with Gasteiger partial charge in [-0.15, -0.1) is 0 Å². The Morgan fingerprint density at radius 3 is 2.33 bits per heavy atom. The quantitative estimate of drug-likeness (QED) is 0.195. The number of hydrogen-bond donors (Lipinski definition) is 3. The highest BCUT2D eigenvalue weighted by atomic mass is 19.2. The van der Waals surface area contributed by atoms with E-state index >= 15 is 0 Å². The van der Waals surface area contributed by atoms with Gasteiger partial charge in [-0.25, -0.2) is 22.4 Å². The van der Waals surface area contributed by atoms with E-state index in [2.05, 4.69) is 4.99 Å². The SMILES string of the molecule is O=C(O)/C(C=NC1CCCC1O)=C(/O)c1cc(F)c(F)c(F)c1F. The first-order valence-electron chi connectivity index (χ1n) is 6.95. The highest BCUT2D eigenvalue weighted by molar-refractivity contribution is 6.14. The fourth-order valence-corrected chi connectivity index (χ4v) is 2.37. The third-order valence-electron chi connectivity index (χ3n) is 3.68. The van der Waals surface area contributed by atoms with Gasteiger partial charge in [0.2, 0.25) is 0 Å². The number of aliphatic carboxylic acids is 1. The van der Waals surface area contributed by atoms with Crippen LogP contribution in [-0.4, -0.2) is 39.6 Å². The summed E-state index contributed by atoms with van der Waals surface area (Å²) in [5, 5.41) is 28.5. The summed E-state index contributed by atoms with van der Waals surface area (Å²) < 4.78 is 53.0. The molecule has 0 aliphatic heterocycles. The van der Waals surface area contributed by atoms with Crippen molar-refractivity contribution in [2.24, 2.45) is 4.99 Å². The third kappa shape index (κ3) is 3.40. The van der Waals surface area contributed by atoms with Gasteiger partial charge in [-0.2, -0.15) is 0 Å². The van der Waals surface area contributed by atoms with Crippen molar-refractivity contribution in [3.63, 3.8) is 0 Å². The Balaban J connectivity index is 2.49. The predicted molar refractivity (Wildman–Crippen MR) is 75.6 cm³/mol. The lowest BCUT2D eigenvalue weighted by Crippen LogP contribution is -2.18. The Morgan fingerprint density at radius 1 is 1.12 bits per heavy atom. The van der Waals surface area contributed by atoms with Crippen LogP contribution < -0.4 is 0 Å². The van der Waals surface area contributed by atoms with Gasteiger partial charge in [-0.1, -0.05) is 0 Å². The second-order valence-corrected chi connectivity index (χ2v) is 5.26. The van der Waals surface area contributed by atoms with Crippen LogP contribution in [0, 0.1) is 23.3 Å². The van der Waals surface area contributed by atoms with Crippen molar-refractivity contribution >= 4 is 17.9 Å². The number of aliphatic hydroxyl groups excluding tert-OH is 2. The molecule has 1 saturated carbocycles. The summed E-state index contributed by atoms with van der Waals surface area (Å²) in [7, 11) is 0. The average Bonchev–Trinajstić information content (AvgIpc) is 2.93. The van der Waals surface area contributed by atoms with Gasteiger partial charge in [0.25, 0.3) is 0 Å². The number of nitrogens with zero attached hydrogens (tertiary/aromatic N) is 1. The molecule has 0 heterocycles. The summed E-state index contributed by atoms with van der Waals surface area (Å²) in [6, 6.07) is -0.455. The van der Waals surface area contributed by atoms with Crippen LogP contribution in [0.5, 0.6) is 0 Å². The van der Waals surface area contributed by atoms with Crippen molar-refractivity contribution in [2.75, 3.05) is 0 Å². The predicted octanol–water partition coefficient (Wildman–Crippen LogP) is 2.58. The first-order chi connectivity index (χ1) is 11.2. The first-order valence-corrected chi connectivity index (χ1v) is 6.95. The molecule has 2 unspecified atom stereocenters. The molecule has 2 atom stereocenters. The summed E-state index contributed by atoms with van der Waals surface area (Å²) in [4.78, 5) is 15.0. The summed E-state index contributed by atoms with van der Waals surface area (Å²) >= 11 is 0. The topological polar surface area (TPSA) is 90.1 Å². The summed E-state index contributed by atoms with van der Waals surface area (Å²) in [6.07, 6.45) is 1.53. The molecule has 0 spiro atoms. The highest BCUT2D eigenvalue weighted by Gasteiger charge is 2.26. The standard InChI is InChI=1S/C15H13F4NO4/c16-8-4-6(11(17)13(19)12(8)18)14(22)7(15(23)24)5-20-9-2-1-3-10(9)21/h4-5,9-10,21-22H,1-3H2,(H,23,24)/b14-7+,20-5?. The molecule has 5 nitrogen and oxygen atoms in total. The van der Waals surface area contributed by atoms with Crippen LogP contribution >= 0.6 is 0 Å². The zero-order chi connectivity index (χ0) is 18.0.